The molecule has 1 N–H and O–H groups in total. The minimum absolute atomic E-state index is 0.0787. The normalized spacial score (nSPS) is 7.60. The summed E-state index contributed by atoms with van der Waals surface area (Å²) in [6, 6.07) is 0. The molecule has 84 valence electrons. The van der Waals surface area contributed by atoms with E-state index in [1.807, 2.05) is 0 Å². The third-order valence-corrected chi connectivity index (χ3v) is 0.986. The lowest BCUT2D eigenvalue weighted by Crippen LogP contribution is -2.10. The lowest BCUT2D eigenvalue weighted by Gasteiger charge is -1.97. The van der Waals surface area contributed by atoms with Crippen molar-refractivity contribution in [3.8, 4) is 0 Å². The van der Waals surface area contributed by atoms with Crippen molar-refractivity contribution in [1.82, 2.24) is 5.32 Å². The molecule has 4 nitrogen and oxygen atoms in total. The maximum Gasteiger partial charge on any atom is 0.333 e. The fourth-order valence-electron chi connectivity index (χ4n) is 0.402. The van der Waals surface area contributed by atoms with Crippen molar-refractivity contribution in [2.75, 3.05) is 6.61 Å². The first-order chi connectivity index (χ1) is 6.95. The average molecular weight is 211 g/mol. The van der Waals surface area contributed by atoms with E-state index in [1.165, 1.54) is 19.2 Å². The fraction of sp³-hybridized carbons (Fsp3) is 0.273. The van der Waals surface area contributed by atoms with Crippen LogP contribution in [0.2, 0.25) is 0 Å². The van der Waals surface area contributed by atoms with Crippen LogP contribution >= 0.6 is 0 Å². The molecule has 4 heteroatoms. The molecule has 0 bridgehead atoms. The molecule has 0 aromatic heterocycles. The predicted octanol–water partition coefficient (Wildman–Crippen LogP) is 1.56. The van der Waals surface area contributed by atoms with E-state index < -0.39 is 0 Å². The van der Waals surface area contributed by atoms with Crippen LogP contribution < -0.4 is 5.32 Å². The van der Waals surface area contributed by atoms with Gasteiger partial charge >= 0.3 is 5.97 Å². The van der Waals surface area contributed by atoms with E-state index >= 15 is 0 Å². The highest BCUT2D eigenvalue weighted by atomic mass is 16.5. The second kappa shape index (κ2) is 10.2. The fourth-order valence-corrected chi connectivity index (χ4v) is 0.402. The van der Waals surface area contributed by atoms with Gasteiger partial charge in [0.25, 0.3) is 0 Å². The van der Waals surface area contributed by atoms with Gasteiger partial charge in [-0.3, -0.25) is 4.79 Å². The van der Waals surface area contributed by atoms with Gasteiger partial charge in [0, 0.05) is 12.5 Å². The molecule has 15 heavy (non-hydrogen) atoms. The zero-order valence-electron chi connectivity index (χ0n) is 9.21. The molecule has 0 heterocycles. The minimum Gasteiger partial charge on any atom is -0.458 e. The first-order valence-electron chi connectivity index (χ1n) is 4.27. The summed E-state index contributed by atoms with van der Waals surface area (Å²) in [5.74, 6) is -0.445. The molecule has 0 radical (unpaired) electrons. The van der Waals surface area contributed by atoms with E-state index in [0.29, 0.717) is 5.57 Å². The van der Waals surface area contributed by atoms with Gasteiger partial charge in [-0.15, -0.1) is 0 Å². The summed E-state index contributed by atoms with van der Waals surface area (Å²) < 4.78 is 4.60. The standard InChI is InChI=1S/C7H10O2.C4H7NO/c1-4-5-9-7(8)6(2)3;1-3-5-4(2)6/h4H,1-2,5H2,3H3;3H,1H2,2H3,(H,5,6). The second-order valence-electron chi connectivity index (χ2n) is 2.57. The zero-order chi connectivity index (χ0) is 12.3. The molecule has 1 amide bonds. The highest BCUT2D eigenvalue weighted by Crippen LogP contribution is 1.90. The summed E-state index contributed by atoms with van der Waals surface area (Å²) in [5.41, 5.74) is 0.414. The van der Waals surface area contributed by atoms with E-state index in [4.69, 9.17) is 0 Å². The van der Waals surface area contributed by atoms with Gasteiger partial charge in [0.1, 0.15) is 6.61 Å². The summed E-state index contributed by atoms with van der Waals surface area (Å²) in [4.78, 5) is 20.4. The number of ether oxygens (including phenoxy) is 1. The van der Waals surface area contributed by atoms with E-state index in [9.17, 15) is 9.59 Å². The Hall–Kier alpha value is -1.84. The van der Waals surface area contributed by atoms with E-state index in [2.05, 4.69) is 29.8 Å². The molecular formula is C11H17NO3. The van der Waals surface area contributed by atoms with Crippen molar-refractivity contribution in [2.45, 2.75) is 13.8 Å². The van der Waals surface area contributed by atoms with E-state index in [0.717, 1.165) is 0 Å². The molecular weight excluding hydrogens is 194 g/mol. The summed E-state index contributed by atoms with van der Waals surface area (Å²) in [6.07, 6.45) is 2.86. The first-order valence-corrected chi connectivity index (χ1v) is 4.27. The molecule has 0 spiro atoms. The number of nitrogens with one attached hydrogen (secondary N) is 1. The van der Waals surface area contributed by atoms with Crippen LogP contribution in [0.1, 0.15) is 13.8 Å². The Morgan fingerprint density at radius 3 is 2.07 bits per heavy atom. The van der Waals surface area contributed by atoms with Crippen LogP contribution in [-0.2, 0) is 14.3 Å². The van der Waals surface area contributed by atoms with Crippen LogP contribution in [0.3, 0.4) is 0 Å². The highest BCUT2D eigenvalue weighted by molar-refractivity contribution is 5.86. The van der Waals surface area contributed by atoms with E-state index in [1.54, 1.807) is 6.92 Å². The monoisotopic (exact) mass is 211 g/mol. The predicted molar refractivity (Wildman–Crippen MR) is 60.0 cm³/mol. The van der Waals surface area contributed by atoms with Crippen LogP contribution in [-0.4, -0.2) is 18.5 Å². The number of carbonyl (C=O) groups is 2. The largest absolute Gasteiger partial charge is 0.458 e. The molecule has 0 unspecified atom stereocenters. The van der Waals surface area contributed by atoms with Crippen LogP contribution in [0, 0.1) is 0 Å². The number of rotatable bonds is 4. The van der Waals surface area contributed by atoms with Gasteiger partial charge in [-0.2, -0.15) is 0 Å². The van der Waals surface area contributed by atoms with Gasteiger partial charge in [-0.25, -0.2) is 4.79 Å². The molecule has 0 saturated heterocycles. The van der Waals surface area contributed by atoms with Crippen molar-refractivity contribution < 1.29 is 14.3 Å². The van der Waals surface area contributed by atoms with Crippen molar-refractivity contribution in [2.24, 2.45) is 0 Å². The van der Waals surface area contributed by atoms with Crippen LogP contribution in [0.15, 0.2) is 37.6 Å². The zero-order valence-corrected chi connectivity index (χ0v) is 9.21. The van der Waals surface area contributed by atoms with Gasteiger partial charge in [-0.1, -0.05) is 25.8 Å². The average Bonchev–Trinajstić information content (AvgIpc) is 2.14. The van der Waals surface area contributed by atoms with Gasteiger partial charge in [0.15, 0.2) is 0 Å². The Labute approximate surface area is 90.3 Å². The van der Waals surface area contributed by atoms with Crippen molar-refractivity contribution in [3.63, 3.8) is 0 Å². The Morgan fingerprint density at radius 1 is 1.33 bits per heavy atom. The topological polar surface area (TPSA) is 55.4 Å². The summed E-state index contributed by atoms with van der Waals surface area (Å²) in [7, 11) is 0. The van der Waals surface area contributed by atoms with Gasteiger partial charge < -0.3 is 10.1 Å². The summed E-state index contributed by atoms with van der Waals surface area (Å²) in [5, 5.41) is 2.33. The third kappa shape index (κ3) is 15.0. The molecule has 0 aromatic rings. The first kappa shape index (κ1) is 15.6. The second-order valence-corrected chi connectivity index (χ2v) is 2.57. The lowest BCUT2D eigenvalue weighted by atomic mass is 10.4. The smallest absolute Gasteiger partial charge is 0.333 e. The van der Waals surface area contributed by atoms with Gasteiger partial charge in [0.05, 0.1) is 0 Å². The number of hydrogen-bond donors (Lipinski definition) is 1. The molecule has 0 fully saturated rings. The molecule has 0 aliphatic carbocycles. The Morgan fingerprint density at radius 2 is 1.87 bits per heavy atom. The summed E-state index contributed by atoms with van der Waals surface area (Å²) >= 11 is 0. The molecule has 0 saturated carbocycles. The Bertz CT molecular complexity index is 257. The number of amides is 1. The number of esters is 1. The lowest BCUT2D eigenvalue weighted by molar-refractivity contribution is -0.137. The maximum atomic E-state index is 10.5. The minimum atomic E-state index is -0.366. The van der Waals surface area contributed by atoms with Crippen molar-refractivity contribution in [3.05, 3.63) is 37.6 Å². The van der Waals surface area contributed by atoms with Crippen LogP contribution in [0.4, 0.5) is 0 Å². The maximum absolute atomic E-state index is 10.5. The summed E-state index contributed by atoms with van der Waals surface area (Å²) in [6.45, 7) is 13.3. The highest BCUT2D eigenvalue weighted by Gasteiger charge is 1.98. The number of hydrogen-bond acceptors (Lipinski definition) is 3. The third-order valence-electron chi connectivity index (χ3n) is 0.986. The Balaban J connectivity index is 0. The number of carbonyl (C=O) groups excluding carboxylic acids is 2. The van der Waals surface area contributed by atoms with Gasteiger partial charge in [0.2, 0.25) is 5.91 Å². The molecule has 0 rings (SSSR count). The van der Waals surface area contributed by atoms with Gasteiger partial charge in [-0.05, 0) is 13.1 Å². The molecule has 0 aliphatic heterocycles. The molecule has 0 aromatic carbocycles. The van der Waals surface area contributed by atoms with Crippen LogP contribution in [0.5, 0.6) is 0 Å². The van der Waals surface area contributed by atoms with Crippen molar-refractivity contribution >= 4 is 11.9 Å². The van der Waals surface area contributed by atoms with Crippen LogP contribution in [0.25, 0.3) is 0 Å². The molecule has 0 atom stereocenters. The van der Waals surface area contributed by atoms with Crippen molar-refractivity contribution in [1.29, 1.82) is 0 Å². The SMILES string of the molecule is C=CCOC(=O)C(=C)C.C=CNC(C)=O. The Kier molecular flexibility index (Phi) is 10.7. The van der Waals surface area contributed by atoms with E-state index in [-0.39, 0.29) is 18.5 Å². The quantitative estimate of drug-likeness (QED) is 0.436. The molecule has 0 aliphatic rings.